The van der Waals surface area contributed by atoms with Crippen LogP contribution in [0.4, 0.5) is 0 Å². The molecule has 2 aliphatic rings. The second kappa shape index (κ2) is 8.58. The Balaban J connectivity index is 1.27. The molecule has 2 aromatic rings. The SMILES string of the molecule is Cc1ccc(S[C@@H](C)C(=O)N2CC[NH+](Cc3ccc4c(c3)CCO4)CC2)cc1. The number of fused-ring (bicyclic) bond motifs is 1. The van der Waals surface area contributed by atoms with Crippen LogP contribution in [-0.2, 0) is 17.8 Å². The number of benzene rings is 2. The van der Waals surface area contributed by atoms with Crippen molar-refractivity contribution in [3.05, 3.63) is 59.2 Å². The lowest BCUT2D eigenvalue weighted by molar-refractivity contribution is -0.917. The Bertz CT molecular complexity index is 829. The number of thioether (sulfide) groups is 1. The molecular formula is C23H29N2O2S+. The number of hydrogen-bond acceptors (Lipinski definition) is 3. The number of amides is 1. The zero-order chi connectivity index (χ0) is 19.5. The maximum Gasteiger partial charge on any atom is 0.236 e. The summed E-state index contributed by atoms with van der Waals surface area (Å²) in [6.45, 7) is 9.68. The topological polar surface area (TPSA) is 34.0 Å². The molecule has 4 rings (SSSR count). The van der Waals surface area contributed by atoms with Gasteiger partial charge in [0.25, 0.3) is 0 Å². The van der Waals surface area contributed by atoms with Gasteiger partial charge in [0.15, 0.2) is 0 Å². The molecule has 0 radical (unpaired) electrons. The molecule has 0 aliphatic carbocycles. The Morgan fingerprint density at radius 3 is 2.68 bits per heavy atom. The molecule has 4 nitrogen and oxygen atoms in total. The second-order valence-electron chi connectivity index (χ2n) is 7.87. The van der Waals surface area contributed by atoms with E-state index in [4.69, 9.17) is 4.74 Å². The van der Waals surface area contributed by atoms with Crippen molar-refractivity contribution in [2.45, 2.75) is 37.0 Å². The van der Waals surface area contributed by atoms with E-state index in [9.17, 15) is 4.79 Å². The summed E-state index contributed by atoms with van der Waals surface area (Å²) < 4.78 is 5.60. The van der Waals surface area contributed by atoms with Crippen molar-refractivity contribution in [1.82, 2.24) is 4.90 Å². The zero-order valence-corrected chi connectivity index (χ0v) is 17.6. The van der Waals surface area contributed by atoms with Crippen LogP contribution in [0.3, 0.4) is 0 Å². The molecule has 2 heterocycles. The molecule has 1 atom stereocenters. The number of hydrogen-bond donors (Lipinski definition) is 1. The van der Waals surface area contributed by atoms with Crippen molar-refractivity contribution < 1.29 is 14.4 Å². The number of carbonyl (C=O) groups excluding carboxylic acids is 1. The smallest absolute Gasteiger partial charge is 0.236 e. The molecule has 1 amide bonds. The summed E-state index contributed by atoms with van der Waals surface area (Å²) in [5, 5.41) is -0.0408. The highest BCUT2D eigenvalue weighted by Gasteiger charge is 2.27. The van der Waals surface area contributed by atoms with Crippen molar-refractivity contribution in [2.24, 2.45) is 0 Å². The normalized spacial score (nSPS) is 17.9. The molecule has 1 N–H and O–H groups in total. The fraction of sp³-hybridized carbons (Fsp3) is 0.435. The third-order valence-corrected chi connectivity index (χ3v) is 6.77. The largest absolute Gasteiger partial charge is 0.493 e. The minimum Gasteiger partial charge on any atom is -0.493 e. The van der Waals surface area contributed by atoms with Gasteiger partial charge in [0.05, 0.1) is 38.0 Å². The molecule has 5 heteroatoms. The molecule has 0 spiro atoms. The number of nitrogens with zero attached hydrogens (tertiary/aromatic N) is 1. The van der Waals surface area contributed by atoms with E-state index in [1.54, 1.807) is 16.7 Å². The summed E-state index contributed by atoms with van der Waals surface area (Å²) in [7, 11) is 0. The van der Waals surface area contributed by atoms with Gasteiger partial charge in [-0.2, -0.15) is 0 Å². The standard InChI is InChI=1S/C23H28N2O2S/c1-17-3-6-21(7-4-17)28-18(2)23(26)25-12-10-24(11-13-25)16-19-5-8-22-20(15-19)9-14-27-22/h3-8,15,18H,9-14,16H2,1-2H3/p+1/t18-/m0/s1. The van der Waals surface area contributed by atoms with Gasteiger partial charge in [0.2, 0.25) is 5.91 Å². The first kappa shape index (κ1) is 19.3. The van der Waals surface area contributed by atoms with Gasteiger partial charge in [-0.15, -0.1) is 11.8 Å². The van der Waals surface area contributed by atoms with E-state index >= 15 is 0 Å². The van der Waals surface area contributed by atoms with E-state index in [2.05, 4.69) is 49.4 Å². The van der Waals surface area contributed by atoms with E-state index in [0.717, 1.165) is 56.4 Å². The summed E-state index contributed by atoms with van der Waals surface area (Å²) >= 11 is 1.66. The Labute approximate surface area is 171 Å². The predicted octanol–water partition coefficient (Wildman–Crippen LogP) is 2.34. The van der Waals surface area contributed by atoms with Crippen LogP contribution in [0.15, 0.2) is 47.4 Å². The van der Waals surface area contributed by atoms with Gasteiger partial charge in [-0.3, -0.25) is 4.79 Å². The molecule has 1 saturated heterocycles. The quantitative estimate of drug-likeness (QED) is 0.787. The van der Waals surface area contributed by atoms with E-state index in [-0.39, 0.29) is 11.2 Å². The number of piperazine rings is 1. The number of ether oxygens (including phenoxy) is 1. The maximum atomic E-state index is 12.8. The van der Waals surface area contributed by atoms with Gasteiger partial charge in [-0.25, -0.2) is 0 Å². The first-order valence-corrected chi connectivity index (χ1v) is 11.1. The monoisotopic (exact) mass is 397 g/mol. The van der Waals surface area contributed by atoms with Crippen LogP contribution < -0.4 is 9.64 Å². The number of rotatable bonds is 5. The van der Waals surface area contributed by atoms with Gasteiger partial charge < -0.3 is 14.5 Å². The lowest BCUT2D eigenvalue weighted by Gasteiger charge is -2.33. The minimum atomic E-state index is -0.0408. The van der Waals surface area contributed by atoms with Crippen LogP contribution >= 0.6 is 11.8 Å². The van der Waals surface area contributed by atoms with Crippen LogP contribution in [-0.4, -0.2) is 48.8 Å². The Kier molecular flexibility index (Phi) is 5.93. The molecule has 148 valence electrons. The average molecular weight is 398 g/mol. The van der Waals surface area contributed by atoms with E-state index in [0.29, 0.717) is 0 Å². The third kappa shape index (κ3) is 4.53. The van der Waals surface area contributed by atoms with Gasteiger partial charge in [0.1, 0.15) is 12.3 Å². The molecule has 0 aromatic heterocycles. The van der Waals surface area contributed by atoms with Crippen LogP contribution in [0.5, 0.6) is 5.75 Å². The highest BCUT2D eigenvalue weighted by atomic mass is 32.2. The third-order valence-electron chi connectivity index (χ3n) is 5.67. The van der Waals surface area contributed by atoms with Crippen molar-refractivity contribution in [2.75, 3.05) is 32.8 Å². The zero-order valence-electron chi connectivity index (χ0n) is 16.7. The Morgan fingerprint density at radius 1 is 1.18 bits per heavy atom. The summed E-state index contributed by atoms with van der Waals surface area (Å²) in [6, 6.07) is 15.0. The summed E-state index contributed by atoms with van der Waals surface area (Å²) in [4.78, 5) is 17.6. The van der Waals surface area contributed by atoms with Gasteiger partial charge in [-0.05, 0) is 49.7 Å². The fourth-order valence-electron chi connectivity index (χ4n) is 3.99. The minimum absolute atomic E-state index is 0.0408. The predicted molar refractivity (Wildman–Crippen MR) is 113 cm³/mol. The second-order valence-corrected chi connectivity index (χ2v) is 9.28. The molecule has 2 aliphatic heterocycles. The molecule has 0 bridgehead atoms. The fourth-order valence-corrected chi connectivity index (χ4v) is 4.94. The van der Waals surface area contributed by atoms with Crippen molar-refractivity contribution >= 4 is 17.7 Å². The van der Waals surface area contributed by atoms with Gasteiger partial charge in [0, 0.05) is 16.9 Å². The van der Waals surface area contributed by atoms with E-state index in [1.807, 2.05) is 11.8 Å². The highest BCUT2D eigenvalue weighted by Crippen LogP contribution is 2.26. The van der Waals surface area contributed by atoms with Crippen molar-refractivity contribution in [3.63, 3.8) is 0 Å². The van der Waals surface area contributed by atoms with Crippen LogP contribution in [0.1, 0.15) is 23.6 Å². The molecule has 28 heavy (non-hydrogen) atoms. The van der Waals surface area contributed by atoms with Crippen molar-refractivity contribution in [1.29, 1.82) is 0 Å². The first-order valence-electron chi connectivity index (χ1n) is 10.2. The van der Waals surface area contributed by atoms with Crippen LogP contribution in [0.2, 0.25) is 0 Å². The average Bonchev–Trinajstić information content (AvgIpc) is 3.17. The number of aryl methyl sites for hydroxylation is 1. The molecular weight excluding hydrogens is 368 g/mol. The molecule has 1 fully saturated rings. The molecule has 0 saturated carbocycles. The lowest BCUT2D eigenvalue weighted by atomic mass is 10.1. The van der Waals surface area contributed by atoms with Crippen LogP contribution in [0.25, 0.3) is 0 Å². The Morgan fingerprint density at radius 2 is 1.93 bits per heavy atom. The van der Waals surface area contributed by atoms with E-state index in [1.165, 1.54) is 16.7 Å². The molecule has 0 unspecified atom stereocenters. The highest BCUT2D eigenvalue weighted by molar-refractivity contribution is 8.00. The van der Waals surface area contributed by atoms with E-state index < -0.39 is 0 Å². The molecule has 2 aromatic carbocycles. The van der Waals surface area contributed by atoms with Crippen LogP contribution in [0, 0.1) is 6.92 Å². The number of carbonyl (C=O) groups is 1. The van der Waals surface area contributed by atoms with Gasteiger partial charge in [-0.1, -0.05) is 17.7 Å². The summed E-state index contributed by atoms with van der Waals surface area (Å²) in [5.74, 6) is 1.31. The number of quaternary nitrogens is 1. The van der Waals surface area contributed by atoms with Gasteiger partial charge >= 0.3 is 0 Å². The summed E-state index contributed by atoms with van der Waals surface area (Å²) in [5.41, 5.74) is 3.97. The summed E-state index contributed by atoms with van der Waals surface area (Å²) in [6.07, 6.45) is 1.03. The number of nitrogens with one attached hydrogen (secondary N) is 1. The van der Waals surface area contributed by atoms with Crippen molar-refractivity contribution in [3.8, 4) is 5.75 Å². The first-order chi connectivity index (χ1) is 13.6. The maximum absolute atomic E-state index is 12.8. The Hall–Kier alpha value is -1.98. The lowest BCUT2D eigenvalue weighted by Crippen LogP contribution is -3.13.